The van der Waals surface area contributed by atoms with Gasteiger partial charge in [-0.3, -0.25) is 0 Å². The summed E-state index contributed by atoms with van der Waals surface area (Å²) in [6.07, 6.45) is 0.782. The van der Waals surface area contributed by atoms with Crippen LogP contribution >= 0.6 is 0 Å². The van der Waals surface area contributed by atoms with Gasteiger partial charge in [-0.1, -0.05) is 20.8 Å². The molecular formula is C11H14N2O2. The molecule has 0 fully saturated rings. The average molecular weight is 206 g/mol. The van der Waals surface area contributed by atoms with Crippen molar-refractivity contribution in [3.8, 4) is 0 Å². The molecule has 0 saturated heterocycles. The smallest absolute Gasteiger partial charge is 0.340 e. The van der Waals surface area contributed by atoms with Crippen LogP contribution in [0.5, 0.6) is 0 Å². The fourth-order valence-corrected chi connectivity index (χ4v) is 1.80. The zero-order valence-corrected chi connectivity index (χ0v) is 9.20. The Morgan fingerprint density at radius 2 is 2.13 bits per heavy atom. The molecule has 2 rings (SSSR count). The number of hydrogen-bond acceptors (Lipinski definition) is 4. The molecule has 0 bridgehead atoms. The number of hydrogen-bond donors (Lipinski definition) is 0. The minimum atomic E-state index is -0.252. The van der Waals surface area contributed by atoms with E-state index < -0.39 is 0 Å². The number of nitrogens with zero attached hydrogens (tertiary/aromatic N) is 2. The molecule has 4 nitrogen and oxygen atoms in total. The maximum atomic E-state index is 11.6. The monoisotopic (exact) mass is 206 g/mol. The van der Waals surface area contributed by atoms with Crippen LogP contribution in [0.4, 0.5) is 0 Å². The third kappa shape index (κ3) is 1.50. The first kappa shape index (κ1) is 10.1. The van der Waals surface area contributed by atoms with Gasteiger partial charge in [0.05, 0.1) is 17.0 Å². The molecule has 0 N–H and O–H groups in total. The molecule has 0 atom stereocenters. The quantitative estimate of drug-likeness (QED) is 0.693. The highest BCUT2D eigenvalue weighted by Crippen LogP contribution is 2.28. The Balaban J connectivity index is 2.63. The molecule has 4 heteroatoms. The lowest BCUT2D eigenvalue weighted by atomic mass is 9.99. The van der Waals surface area contributed by atoms with Crippen LogP contribution in [0.1, 0.15) is 54.0 Å². The lowest BCUT2D eigenvalue weighted by Crippen LogP contribution is -2.09. The van der Waals surface area contributed by atoms with Crippen molar-refractivity contribution < 1.29 is 9.53 Å². The Hall–Kier alpha value is -1.45. The molecule has 0 aromatic carbocycles. The highest BCUT2D eigenvalue weighted by atomic mass is 16.5. The minimum Gasteiger partial charge on any atom is -0.457 e. The normalized spacial score (nSPS) is 14.3. The molecule has 1 aromatic rings. The lowest BCUT2D eigenvalue weighted by Gasteiger charge is -2.08. The fourth-order valence-electron chi connectivity index (χ4n) is 1.80. The molecule has 0 aliphatic carbocycles. The van der Waals surface area contributed by atoms with Crippen LogP contribution in [0, 0.1) is 0 Å². The van der Waals surface area contributed by atoms with E-state index >= 15 is 0 Å². The zero-order chi connectivity index (χ0) is 11.0. The van der Waals surface area contributed by atoms with Crippen molar-refractivity contribution in [1.82, 2.24) is 10.2 Å². The molecule has 1 aliphatic rings. The van der Waals surface area contributed by atoms with E-state index in [4.69, 9.17) is 4.74 Å². The summed E-state index contributed by atoms with van der Waals surface area (Å²) in [5.74, 6) is -0.0545. The lowest BCUT2D eigenvalue weighted by molar-refractivity contribution is 0.0533. The Kier molecular flexibility index (Phi) is 2.42. The van der Waals surface area contributed by atoms with Crippen LogP contribution < -0.4 is 0 Å². The maximum Gasteiger partial charge on any atom is 0.340 e. The Labute approximate surface area is 88.7 Å². The second-order valence-electron chi connectivity index (χ2n) is 3.97. The first-order chi connectivity index (χ1) is 7.15. The number of esters is 1. The number of rotatable bonds is 2. The van der Waals surface area contributed by atoms with Crippen molar-refractivity contribution in [2.75, 3.05) is 0 Å². The highest BCUT2D eigenvalue weighted by Gasteiger charge is 2.29. The molecule has 0 radical (unpaired) electrons. The Bertz CT molecular complexity index is 413. The summed E-state index contributed by atoms with van der Waals surface area (Å²) >= 11 is 0. The predicted octanol–water partition coefficient (Wildman–Crippen LogP) is 1.83. The number of ether oxygens (including phenoxy) is 1. The standard InChI is InChI=1S/C11H14N2O2/c1-4-8-7-5-15-11(14)9(7)10(6(2)3)13-12-8/h6H,4-5H2,1-3H3. The number of fused-ring (bicyclic) bond motifs is 1. The Morgan fingerprint density at radius 3 is 2.73 bits per heavy atom. The summed E-state index contributed by atoms with van der Waals surface area (Å²) in [5, 5.41) is 8.26. The van der Waals surface area contributed by atoms with Gasteiger partial charge in [-0.05, 0) is 12.3 Å². The van der Waals surface area contributed by atoms with Crippen LogP contribution in [0.25, 0.3) is 0 Å². The van der Waals surface area contributed by atoms with Crippen LogP contribution in [0.15, 0.2) is 0 Å². The van der Waals surface area contributed by atoms with E-state index in [1.807, 2.05) is 20.8 Å². The van der Waals surface area contributed by atoms with E-state index in [0.29, 0.717) is 12.2 Å². The summed E-state index contributed by atoms with van der Waals surface area (Å²) in [6.45, 7) is 6.36. The van der Waals surface area contributed by atoms with Crippen LogP contribution in [-0.2, 0) is 17.8 Å². The van der Waals surface area contributed by atoms with Crippen LogP contribution in [0.2, 0.25) is 0 Å². The molecule has 0 saturated carbocycles. The summed E-state index contributed by atoms with van der Waals surface area (Å²) < 4.78 is 5.04. The highest BCUT2D eigenvalue weighted by molar-refractivity contribution is 5.94. The first-order valence-electron chi connectivity index (χ1n) is 5.20. The van der Waals surface area contributed by atoms with E-state index in [2.05, 4.69) is 10.2 Å². The predicted molar refractivity (Wildman–Crippen MR) is 54.6 cm³/mol. The summed E-state index contributed by atoms with van der Waals surface area (Å²) in [7, 11) is 0. The van der Waals surface area contributed by atoms with Gasteiger partial charge in [0.1, 0.15) is 6.61 Å². The number of cyclic esters (lactones) is 1. The van der Waals surface area contributed by atoms with E-state index in [1.54, 1.807) is 0 Å². The third-order valence-corrected chi connectivity index (χ3v) is 2.62. The summed E-state index contributed by atoms with van der Waals surface area (Å²) in [5.41, 5.74) is 3.21. The minimum absolute atomic E-state index is 0.197. The average Bonchev–Trinajstić information content (AvgIpc) is 2.60. The van der Waals surface area contributed by atoms with E-state index in [9.17, 15) is 4.79 Å². The molecule has 0 spiro atoms. The van der Waals surface area contributed by atoms with Gasteiger partial charge < -0.3 is 4.74 Å². The van der Waals surface area contributed by atoms with Gasteiger partial charge in [0.25, 0.3) is 0 Å². The largest absolute Gasteiger partial charge is 0.457 e. The van der Waals surface area contributed by atoms with Gasteiger partial charge in [-0.2, -0.15) is 10.2 Å². The number of carbonyl (C=O) groups excluding carboxylic acids is 1. The van der Waals surface area contributed by atoms with Crippen LogP contribution in [-0.4, -0.2) is 16.2 Å². The van der Waals surface area contributed by atoms with E-state index in [1.165, 1.54) is 0 Å². The van der Waals surface area contributed by atoms with Crippen molar-refractivity contribution in [2.45, 2.75) is 39.7 Å². The van der Waals surface area contributed by atoms with Gasteiger partial charge >= 0.3 is 5.97 Å². The van der Waals surface area contributed by atoms with Crippen LogP contribution in [0.3, 0.4) is 0 Å². The topological polar surface area (TPSA) is 52.1 Å². The zero-order valence-electron chi connectivity index (χ0n) is 9.20. The SMILES string of the molecule is CCc1nnc(C(C)C)c2c1COC2=O. The van der Waals surface area contributed by atoms with Gasteiger partial charge in [-0.15, -0.1) is 0 Å². The van der Waals surface area contributed by atoms with Gasteiger partial charge in [0, 0.05) is 5.56 Å². The summed E-state index contributed by atoms with van der Waals surface area (Å²) in [6, 6.07) is 0. The van der Waals surface area contributed by atoms with Crippen molar-refractivity contribution in [2.24, 2.45) is 0 Å². The fraction of sp³-hybridized carbons (Fsp3) is 0.545. The first-order valence-corrected chi connectivity index (χ1v) is 5.20. The second kappa shape index (κ2) is 3.61. The molecule has 1 aromatic heterocycles. The van der Waals surface area contributed by atoms with Crippen molar-refractivity contribution in [1.29, 1.82) is 0 Å². The molecule has 1 aliphatic heterocycles. The summed E-state index contributed by atoms with van der Waals surface area (Å²) in [4.78, 5) is 11.6. The molecule has 0 amide bonds. The molecule has 80 valence electrons. The van der Waals surface area contributed by atoms with Crippen molar-refractivity contribution in [3.63, 3.8) is 0 Å². The van der Waals surface area contributed by atoms with Gasteiger partial charge in [-0.25, -0.2) is 4.79 Å². The van der Waals surface area contributed by atoms with Crippen molar-refractivity contribution >= 4 is 5.97 Å². The second-order valence-corrected chi connectivity index (χ2v) is 3.97. The van der Waals surface area contributed by atoms with Gasteiger partial charge in [0.15, 0.2) is 0 Å². The molecule has 0 unspecified atom stereocenters. The van der Waals surface area contributed by atoms with Gasteiger partial charge in [0.2, 0.25) is 0 Å². The molecular weight excluding hydrogens is 192 g/mol. The Morgan fingerprint density at radius 1 is 1.40 bits per heavy atom. The number of carbonyl (C=O) groups is 1. The molecule has 2 heterocycles. The number of aryl methyl sites for hydroxylation is 1. The van der Waals surface area contributed by atoms with E-state index in [0.717, 1.165) is 23.4 Å². The van der Waals surface area contributed by atoms with E-state index in [-0.39, 0.29) is 11.9 Å². The van der Waals surface area contributed by atoms with Crippen molar-refractivity contribution in [3.05, 3.63) is 22.5 Å². The molecule has 15 heavy (non-hydrogen) atoms. The maximum absolute atomic E-state index is 11.6. The number of aromatic nitrogens is 2. The third-order valence-electron chi connectivity index (χ3n) is 2.62.